The van der Waals surface area contributed by atoms with Crippen molar-refractivity contribution in [1.82, 2.24) is 48.5 Å². The van der Waals surface area contributed by atoms with Crippen molar-refractivity contribution in [2.45, 2.75) is 349 Å². The Hall–Kier alpha value is -8.84. The van der Waals surface area contributed by atoms with Crippen LogP contribution in [0, 0.1) is 13.1 Å². The molecule has 8 aliphatic rings. The van der Waals surface area contributed by atoms with Gasteiger partial charge in [0.05, 0.1) is 69.6 Å². The number of benzene rings is 4. The van der Waals surface area contributed by atoms with Gasteiger partial charge < -0.3 is 46.8 Å². The summed E-state index contributed by atoms with van der Waals surface area (Å²) < 4.78 is 41.2. The highest BCUT2D eigenvalue weighted by Gasteiger charge is 2.44. The van der Waals surface area contributed by atoms with Crippen LogP contribution in [0.15, 0.2) is 97.1 Å². The number of nitrogens with zero attached hydrogens (tertiary/aromatic N) is 12. The first kappa shape index (κ1) is 115. The number of hydrogen-bond donors (Lipinski definition) is 0. The number of fused-ring (bicyclic) bond motifs is 4. The zero-order valence-corrected chi connectivity index (χ0v) is 87.7. The molecule has 0 aromatic heterocycles. The number of amides is 8. The number of rotatable bonds is 56. The number of likely N-dealkylation sites (tertiary alicyclic amines) is 4. The molecule has 0 N–H and O–H groups in total. The molecular weight excluding hydrogens is 1820 g/mol. The van der Waals surface area contributed by atoms with E-state index in [0.717, 1.165) is 206 Å². The molecule has 768 valence electrons. The molecule has 30 nitrogen and oxygen atoms in total. The quantitative estimate of drug-likeness (QED) is 0.0130. The van der Waals surface area contributed by atoms with Gasteiger partial charge in [-0.25, -0.2) is 22.5 Å². The molecule has 0 bridgehead atoms. The first-order valence-corrected chi connectivity index (χ1v) is 54.2. The van der Waals surface area contributed by atoms with Crippen molar-refractivity contribution in [1.29, 1.82) is 0 Å². The van der Waals surface area contributed by atoms with Crippen LogP contribution in [0.4, 0.5) is 0 Å². The van der Waals surface area contributed by atoms with Crippen molar-refractivity contribution in [3.8, 4) is 0 Å². The zero-order valence-electron chi connectivity index (χ0n) is 85.9. The number of imide groups is 4. The van der Waals surface area contributed by atoms with E-state index in [1.807, 2.05) is 0 Å². The van der Waals surface area contributed by atoms with E-state index in [9.17, 15) is 57.5 Å². The van der Waals surface area contributed by atoms with Crippen LogP contribution < -0.4 is 0 Å². The molecule has 140 heavy (non-hydrogen) atoms. The SMILES string of the molecule is CC[C@@H]1C[C@@H](OC(=O)CCC(C)=O)CN1CCCCCCN1C(=O)c2ccccc2C1=O.CC[C@@H]1C[C@H](OC(=O)CCC(C)=O)CN1CCCCCCN1C(=O)c2ccccc2C1=O.[C-]#[N+]CCOP(O[C@@H]1C[C@@H](CC)N(CCCCCCN2C(=O)c3ccccc3C2=O)C1)N(C(C)C)C(C)C.[C-]#[N+]CCOP(O[C@H]1C[C@@H](CC)N(CCCCCCN2C(=O)c3ccccc3C2=O)C1)N(C(C)C)C(C)C. The second-order valence-electron chi connectivity index (χ2n) is 39.2. The molecule has 8 aliphatic heterocycles. The summed E-state index contributed by atoms with van der Waals surface area (Å²) in [5, 5.41) is 0. The fraction of sp³-hybridized carbons (Fsp3) is 0.648. The van der Waals surface area contributed by atoms with Crippen LogP contribution in [0.1, 0.15) is 360 Å². The molecule has 2 unspecified atom stereocenters. The largest absolute Gasteiger partial charge is 0.461 e. The van der Waals surface area contributed by atoms with Gasteiger partial charge in [0.2, 0.25) is 13.1 Å². The summed E-state index contributed by atoms with van der Waals surface area (Å²) in [6.45, 7) is 53.9. The summed E-state index contributed by atoms with van der Waals surface area (Å²) in [7, 11) is -2.43. The lowest BCUT2D eigenvalue weighted by molar-refractivity contribution is -0.150. The molecule has 0 aliphatic carbocycles. The molecule has 0 saturated carbocycles. The van der Waals surface area contributed by atoms with E-state index in [0.29, 0.717) is 145 Å². The molecule has 4 saturated heterocycles. The summed E-state index contributed by atoms with van der Waals surface area (Å²) >= 11 is 0. The average Bonchev–Trinajstić information content (AvgIpc) is 1.65. The third kappa shape index (κ3) is 33.6. The Balaban J connectivity index is 0.000000209. The van der Waals surface area contributed by atoms with Crippen LogP contribution in [0.2, 0.25) is 0 Å². The van der Waals surface area contributed by atoms with E-state index in [-0.39, 0.29) is 121 Å². The summed E-state index contributed by atoms with van der Waals surface area (Å²) in [5.41, 5.74) is 4.14. The van der Waals surface area contributed by atoms with Crippen molar-refractivity contribution >= 4 is 87.8 Å². The average molecular weight is 1970 g/mol. The third-order valence-corrected chi connectivity index (χ3v) is 31.8. The second-order valence-corrected chi connectivity index (χ2v) is 42.0. The lowest BCUT2D eigenvalue weighted by Gasteiger charge is -2.36. The first-order chi connectivity index (χ1) is 67.4. The van der Waals surface area contributed by atoms with Crippen LogP contribution in [0.3, 0.4) is 0 Å². The van der Waals surface area contributed by atoms with Crippen LogP contribution in [-0.2, 0) is 46.7 Å². The number of ketones is 2. The number of esters is 2. The Labute approximate surface area is 835 Å². The Kier molecular flexibility index (Phi) is 48.7. The van der Waals surface area contributed by atoms with Gasteiger partial charge in [0.15, 0.2) is 0 Å². The molecule has 0 radical (unpaired) electrons. The smallest absolute Gasteiger partial charge is 0.306 e. The molecule has 4 aromatic carbocycles. The lowest BCUT2D eigenvalue weighted by atomic mass is 10.1. The Morgan fingerprint density at radius 2 is 0.536 bits per heavy atom. The van der Waals surface area contributed by atoms with Gasteiger partial charge in [-0.3, -0.25) is 87.1 Å². The van der Waals surface area contributed by atoms with E-state index < -0.39 is 17.1 Å². The van der Waals surface area contributed by atoms with Gasteiger partial charge in [0.25, 0.3) is 64.3 Å². The summed E-state index contributed by atoms with van der Waals surface area (Å²) in [4.78, 5) is 168. The van der Waals surface area contributed by atoms with Crippen LogP contribution in [0.25, 0.3) is 9.69 Å². The highest BCUT2D eigenvalue weighted by atomic mass is 31.2. The molecular formula is C108H158N12O18P2. The molecule has 12 rings (SSSR count). The minimum atomic E-state index is -1.22. The Bertz CT molecular complexity index is 4360. The van der Waals surface area contributed by atoms with Crippen LogP contribution >= 0.6 is 17.1 Å². The zero-order chi connectivity index (χ0) is 101. The predicted octanol–water partition coefficient (Wildman–Crippen LogP) is 19.2. The summed E-state index contributed by atoms with van der Waals surface area (Å²) in [6, 6.07) is 31.2. The van der Waals surface area contributed by atoms with Gasteiger partial charge in [-0.2, -0.15) is 0 Å². The maximum Gasteiger partial charge on any atom is 0.306 e. The predicted molar refractivity (Wildman–Crippen MR) is 544 cm³/mol. The van der Waals surface area contributed by atoms with Gasteiger partial charge in [0, 0.05) is 126 Å². The normalized spacial score (nSPS) is 20.6. The molecule has 0 spiro atoms. The molecule has 4 aromatic rings. The Morgan fingerprint density at radius 1 is 0.329 bits per heavy atom. The summed E-state index contributed by atoms with van der Waals surface area (Å²) in [6.07, 6.45) is 24.4. The first-order valence-electron chi connectivity index (χ1n) is 51.9. The van der Waals surface area contributed by atoms with E-state index in [1.165, 1.54) is 33.4 Å². The Morgan fingerprint density at radius 3 is 0.736 bits per heavy atom. The number of ether oxygens (including phenoxy) is 2. The standard InChI is InChI=1S/2C29H45N4O4P.2C25H34N2O5/c2*1-7-24-20-25(37-38(36-19-16-30-6)33(22(2)3)23(4)5)21-31(24)17-12-8-9-13-18-32-28(34)26-14-10-11-15-27(26)29(32)35;2*1-3-19-16-20(32-23(29)13-12-18(2)28)17-26(19)14-8-4-5-9-15-27-24(30)21-10-6-7-11-22(21)25(27)31/h2*10-11,14-15,22-25H,7-9,12-13,16-21H2,1-5H3;2*6-7,10-11,19-20H,3-5,8-9,12-17H2,1-2H3/t24-,25+,38?;24-,25-,38?;19-,20+;19-,20-/m1111/s1. The van der Waals surface area contributed by atoms with E-state index in [4.69, 9.17) is 40.7 Å². The maximum absolute atomic E-state index is 12.5. The maximum atomic E-state index is 12.5. The highest BCUT2D eigenvalue weighted by Crippen LogP contribution is 2.50. The van der Waals surface area contributed by atoms with E-state index in [2.05, 4.69) is 122 Å². The van der Waals surface area contributed by atoms with E-state index in [1.54, 1.807) is 97.1 Å². The van der Waals surface area contributed by atoms with Gasteiger partial charge in [0.1, 0.15) is 37.0 Å². The minimum absolute atomic E-state index is 0.00411. The van der Waals surface area contributed by atoms with Gasteiger partial charge >= 0.3 is 11.9 Å². The highest BCUT2D eigenvalue weighted by molar-refractivity contribution is 7.45. The minimum Gasteiger partial charge on any atom is -0.461 e. The fourth-order valence-corrected chi connectivity index (χ4v) is 23.7. The molecule has 8 heterocycles. The summed E-state index contributed by atoms with van der Waals surface area (Å²) in [5.74, 6) is -1.93. The number of carbonyl (C=O) groups excluding carboxylic acids is 12. The van der Waals surface area contributed by atoms with Crippen molar-refractivity contribution in [2.24, 2.45) is 0 Å². The second kappa shape index (κ2) is 59.4. The van der Waals surface area contributed by atoms with Crippen LogP contribution in [0.5, 0.6) is 0 Å². The van der Waals surface area contributed by atoms with Crippen molar-refractivity contribution in [3.63, 3.8) is 0 Å². The van der Waals surface area contributed by atoms with Crippen molar-refractivity contribution in [3.05, 3.63) is 164 Å². The van der Waals surface area contributed by atoms with Gasteiger partial charge in [-0.1, -0.05) is 128 Å². The third-order valence-electron chi connectivity index (χ3n) is 27.4. The number of carbonyl (C=O) groups is 12. The van der Waals surface area contributed by atoms with Crippen molar-refractivity contribution in [2.75, 3.05) is 105 Å². The lowest BCUT2D eigenvalue weighted by Crippen LogP contribution is -2.35. The molecule has 10 atom stereocenters. The topological polar surface area (TPSA) is 301 Å². The number of hydrogen-bond acceptors (Lipinski definition) is 24. The van der Waals surface area contributed by atoms with Gasteiger partial charge in [-0.15, -0.1) is 0 Å². The molecule has 32 heteroatoms. The van der Waals surface area contributed by atoms with Crippen molar-refractivity contribution < 1.29 is 85.1 Å². The molecule has 8 amide bonds. The van der Waals surface area contributed by atoms with Gasteiger partial charge in [-0.05, 0) is 234 Å². The number of Topliss-reactive ketones (excluding diaryl/α,β-unsaturated/α-hetero) is 2. The van der Waals surface area contributed by atoms with Crippen LogP contribution in [-0.4, -0.2) is 297 Å². The monoisotopic (exact) mass is 1970 g/mol. The van der Waals surface area contributed by atoms with E-state index >= 15 is 0 Å². The fourth-order valence-electron chi connectivity index (χ4n) is 20.3. The number of unbranched alkanes of at least 4 members (excludes halogenated alkanes) is 12. The molecule has 4 fully saturated rings.